The van der Waals surface area contributed by atoms with Crippen LogP contribution in [0, 0.1) is 11.3 Å². The van der Waals surface area contributed by atoms with Gasteiger partial charge in [0.2, 0.25) is 0 Å². The predicted molar refractivity (Wildman–Crippen MR) is 82.6 cm³/mol. The molecule has 4 heteroatoms. The molecule has 1 aromatic carbocycles. The van der Waals surface area contributed by atoms with Crippen molar-refractivity contribution in [3.8, 4) is 6.07 Å². The highest BCUT2D eigenvalue weighted by atomic mass is 32.2. The number of rotatable bonds is 2. The number of thioether (sulfide) groups is 1. The lowest BCUT2D eigenvalue weighted by atomic mass is 9.80. The normalized spacial score (nSPS) is 17.6. The number of hydrogen-bond donors (Lipinski definition) is 0. The van der Waals surface area contributed by atoms with Crippen LogP contribution >= 0.6 is 23.1 Å². The van der Waals surface area contributed by atoms with E-state index in [9.17, 15) is 10.1 Å². The molecular formula is C16H13NOS2. The minimum atomic E-state index is 0.183. The molecule has 1 aliphatic rings. The van der Waals surface area contributed by atoms with E-state index < -0.39 is 0 Å². The van der Waals surface area contributed by atoms with Gasteiger partial charge in [0, 0.05) is 12.0 Å². The molecule has 2 nitrogen and oxygen atoms in total. The summed E-state index contributed by atoms with van der Waals surface area (Å²) in [6.07, 6.45) is 3.31. The summed E-state index contributed by atoms with van der Waals surface area (Å²) in [7, 11) is 0. The summed E-state index contributed by atoms with van der Waals surface area (Å²) in [6.45, 7) is 0. The van der Waals surface area contributed by atoms with E-state index in [1.807, 2.05) is 24.5 Å². The van der Waals surface area contributed by atoms with E-state index in [2.05, 4.69) is 18.2 Å². The maximum Gasteiger partial charge on any atom is 0.165 e. The summed E-state index contributed by atoms with van der Waals surface area (Å²) in [4.78, 5) is 13.2. The molecule has 0 saturated heterocycles. The molecule has 1 aliphatic carbocycles. The Morgan fingerprint density at radius 2 is 2.05 bits per heavy atom. The number of carbonyl (C=O) groups is 1. The molecule has 0 radical (unpaired) electrons. The van der Waals surface area contributed by atoms with Gasteiger partial charge in [0.25, 0.3) is 0 Å². The van der Waals surface area contributed by atoms with Crippen LogP contribution in [0.4, 0.5) is 0 Å². The summed E-state index contributed by atoms with van der Waals surface area (Å²) >= 11 is 3.02. The average Bonchev–Trinajstić information content (AvgIpc) is 2.86. The number of nitrogens with zero attached hydrogens (tertiary/aromatic N) is 1. The third-order valence-corrected chi connectivity index (χ3v) is 5.95. The van der Waals surface area contributed by atoms with Crippen molar-refractivity contribution in [3.05, 3.63) is 51.9 Å². The van der Waals surface area contributed by atoms with Gasteiger partial charge in [-0.2, -0.15) is 5.26 Å². The first kappa shape index (κ1) is 13.4. The number of benzene rings is 1. The molecule has 1 unspecified atom stereocenters. The highest BCUT2D eigenvalue weighted by Crippen LogP contribution is 2.42. The number of Topliss-reactive ketones (excluding diaryl/α,β-unsaturated/α-hetero) is 1. The summed E-state index contributed by atoms with van der Waals surface area (Å²) in [5.41, 5.74) is 2.96. The van der Waals surface area contributed by atoms with Crippen LogP contribution in [0.5, 0.6) is 0 Å². The molecule has 1 atom stereocenters. The highest BCUT2D eigenvalue weighted by Gasteiger charge is 2.32. The minimum absolute atomic E-state index is 0.183. The van der Waals surface area contributed by atoms with Crippen LogP contribution in [0.15, 0.2) is 34.5 Å². The molecule has 20 heavy (non-hydrogen) atoms. The molecule has 2 aromatic rings. The number of ketones is 1. The van der Waals surface area contributed by atoms with Crippen molar-refractivity contribution >= 4 is 28.9 Å². The van der Waals surface area contributed by atoms with Crippen LogP contribution in [0.2, 0.25) is 0 Å². The van der Waals surface area contributed by atoms with E-state index in [-0.39, 0.29) is 11.7 Å². The Balaban J connectivity index is 2.05. The smallest absolute Gasteiger partial charge is 0.165 e. The maximum atomic E-state index is 12.5. The lowest BCUT2D eigenvalue weighted by Crippen LogP contribution is -2.18. The Kier molecular flexibility index (Phi) is 3.64. The SMILES string of the molecule is CSc1sc(C#N)c2c1C(=O)CC(c1ccccc1)C2. The van der Waals surface area contributed by atoms with Gasteiger partial charge in [-0.05, 0) is 29.7 Å². The van der Waals surface area contributed by atoms with Crippen LogP contribution in [-0.2, 0) is 6.42 Å². The minimum Gasteiger partial charge on any atom is -0.294 e. The van der Waals surface area contributed by atoms with Gasteiger partial charge in [-0.15, -0.1) is 23.1 Å². The summed E-state index contributed by atoms with van der Waals surface area (Å²) in [5.74, 6) is 0.384. The van der Waals surface area contributed by atoms with Gasteiger partial charge >= 0.3 is 0 Å². The van der Waals surface area contributed by atoms with Crippen molar-refractivity contribution in [1.29, 1.82) is 5.26 Å². The molecule has 0 amide bonds. The Hall–Kier alpha value is -1.57. The molecule has 0 saturated carbocycles. The molecule has 0 spiro atoms. The molecule has 0 N–H and O–H groups in total. The number of hydrogen-bond acceptors (Lipinski definition) is 4. The van der Waals surface area contributed by atoms with Gasteiger partial charge in [-0.1, -0.05) is 30.3 Å². The van der Waals surface area contributed by atoms with E-state index in [0.717, 1.165) is 21.8 Å². The van der Waals surface area contributed by atoms with E-state index in [4.69, 9.17) is 0 Å². The first-order chi connectivity index (χ1) is 9.74. The van der Waals surface area contributed by atoms with Crippen molar-refractivity contribution in [2.45, 2.75) is 23.0 Å². The summed E-state index contributed by atoms with van der Waals surface area (Å²) in [6, 6.07) is 12.4. The zero-order chi connectivity index (χ0) is 14.1. The monoisotopic (exact) mass is 299 g/mol. The Bertz CT molecular complexity index is 697. The average molecular weight is 299 g/mol. The topological polar surface area (TPSA) is 40.9 Å². The lowest BCUT2D eigenvalue weighted by Gasteiger charge is -2.22. The lowest BCUT2D eigenvalue weighted by molar-refractivity contribution is 0.0962. The number of carbonyl (C=O) groups excluding carboxylic acids is 1. The van der Waals surface area contributed by atoms with Gasteiger partial charge in [0.05, 0.1) is 4.21 Å². The molecular weight excluding hydrogens is 286 g/mol. The highest BCUT2D eigenvalue weighted by molar-refractivity contribution is 8.00. The molecule has 0 bridgehead atoms. The van der Waals surface area contributed by atoms with E-state index in [1.54, 1.807) is 11.8 Å². The predicted octanol–water partition coefficient (Wildman–Crippen LogP) is 4.25. The van der Waals surface area contributed by atoms with Gasteiger partial charge < -0.3 is 0 Å². The van der Waals surface area contributed by atoms with Gasteiger partial charge in [0.15, 0.2) is 5.78 Å². The Morgan fingerprint density at radius 3 is 2.70 bits per heavy atom. The zero-order valence-electron chi connectivity index (χ0n) is 11.1. The first-order valence-corrected chi connectivity index (χ1v) is 8.46. The maximum absolute atomic E-state index is 12.5. The molecule has 1 heterocycles. The standard InChI is InChI=1S/C16H13NOS2/c1-19-16-15-12(14(9-17)20-16)7-11(8-13(15)18)10-5-3-2-4-6-10/h2-6,11H,7-8H2,1H3. The Labute approximate surface area is 126 Å². The third-order valence-electron chi connectivity index (χ3n) is 3.69. The number of fused-ring (bicyclic) bond motifs is 1. The molecule has 1 aromatic heterocycles. The molecule has 0 fully saturated rings. The quantitative estimate of drug-likeness (QED) is 0.778. The van der Waals surface area contributed by atoms with Crippen molar-refractivity contribution in [2.75, 3.05) is 6.26 Å². The zero-order valence-corrected chi connectivity index (χ0v) is 12.7. The third kappa shape index (κ3) is 2.17. The van der Waals surface area contributed by atoms with Crippen LogP contribution < -0.4 is 0 Å². The summed E-state index contributed by atoms with van der Waals surface area (Å²) < 4.78 is 0.994. The fourth-order valence-corrected chi connectivity index (χ4v) is 4.66. The van der Waals surface area contributed by atoms with E-state index >= 15 is 0 Å². The van der Waals surface area contributed by atoms with Gasteiger partial charge in [0.1, 0.15) is 10.9 Å². The second-order valence-electron chi connectivity index (χ2n) is 4.83. The fraction of sp³-hybridized carbons (Fsp3) is 0.250. The second-order valence-corrected chi connectivity index (χ2v) is 6.92. The van der Waals surface area contributed by atoms with Crippen molar-refractivity contribution < 1.29 is 4.79 Å². The number of thiophene rings is 1. The first-order valence-electron chi connectivity index (χ1n) is 6.42. The Morgan fingerprint density at radius 1 is 1.30 bits per heavy atom. The molecule has 100 valence electrons. The van der Waals surface area contributed by atoms with Crippen molar-refractivity contribution in [1.82, 2.24) is 0 Å². The molecule has 3 rings (SSSR count). The van der Waals surface area contributed by atoms with E-state index in [0.29, 0.717) is 11.3 Å². The van der Waals surface area contributed by atoms with Crippen LogP contribution in [0.3, 0.4) is 0 Å². The largest absolute Gasteiger partial charge is 0.294 e. The van der Waals surface area contributed by atoms with Crippen molar-refractivity contribution in [2.24, 2.45) is 0 Å². The van der Waals surface area contributed by atoms with Gasteiger partial charge in [-0.25, -0.2) is 0 Å². The summed E-state index contributed by atoms with van der Waals surface area (Å²) in [5, 5.41) is 9.29. The van der Waals surface area contributed by atoms with Crippen LogP contribution in [0.25, 0.3) is 0 Å². The fourth-order valence-electron chi connectivity index (χ4n) is 2.76. The second kappa shape index (κ2) is 5.43. The van der Waals surface area contributed by atoms with Crippen LogP contribution in [0.1, 0.15) is 38.7 Å². The van der Waals surface area contributed by atoms with E-state index in [1.165, 1.54) is 16.9 Å². The molecule has 0 aliphatic heterocycles. The van der Waals surface area contributed by atoms with Gasteiger partial charge in [-0.3, -0.25) is 4.79 Å². The number of nitriles is 1. The van der Waals surface area contributed by atoms with Crippen molar-refractivity contribution in [3.63, 3.8) is 0 Å². The van der Waals surface area contributed by atoms with Crippen LogP contribution in [-0.4, -0.2) is 12.0 Å².